The Balaban J connectivity index is 2.53. The topological polar surface area (TPSA) is 45.2 Å². The maximum Gasteiger partial charge on any atom is 0.239 e. The number of aryl methyl sites for hydroxylation is 1. The van der Waals surface area contributed by atoms with Crippen LogP contribution in [-0.4, -0.2) is 30.5 Å². The summed E-state index contributed by atoms with van der Waals surface area (Å²) in [6, 6.07) is 4.36. The number of benzene rings is 1. The third-order valence-electron chi connectivity index (χ3n) is 3.41. The van der Waals surface area contributed by atoms with E-state index in [-0.39, 0.29) is 18.0 Å². The number of carbonyl (C=O) groups excluding carboxylic acids is 1. The van der Waals surface area contributed by atoms with Gasteiger partial charge in [-0.3, -0.25) is 4.79 Å². The second kappa shape index (κ2) is 6.68. The number of fused-ring (bicyclic) bond motifs is 1. The first kappa shape index (κ1) is 16.1. The van der Waals surface area contributed by atoms with Crippen molar-refractivity contribution in [2.45, 2.75) is 20.8 Å². The van der Waals surface area contributed by atoms with Crippen molar-refractivity contribution < 1.29 is 13.6 Å². The van der Waals surface area contributed by atoms with E-state index in [0.717, 1.165) is 6.07 Å². The fourth-order valence-corrected chi connectivity index (χ4v) is 2.40. The molecule has 1 heterocycles. The van der Waals surface area contributed by atoms with Gasteiger partial charge in [-0.15, -0.1) is 0 Å². The molecule has 0 unspecified atom stereocenters. The number of nitrogens with one attached hydrogen (secondary N) is 1. The van der Waals surface area contributed by atoms with Crippen molar-refractivity contribution in [2.75, 3.05) is 24.5 Å². The summed E-state index contributed by atoms with van der Waals surface area (Å²) in [7, 11) is 0. The highest BCUT2D eigenvalue weighted by molar-refractivity contribution is 5.94. The zero-order valence-electron chi connectivity index (χ0n) is 12.9. The molecule has 0 saturated heterocycles. The first-order chi connectivity index (χ1) is 10.5. The number of nitrogens with zero attached hydrogens (tertiary/aromatic N) is 2. The largest absolute Gasteiger partial charge is 0.362 e. The number of anilines is 1. The van der Waals surface area contributed by atoms with Gasteiger partial charge in [0.1, 0.15) is 5.52 Å². The summed E-state index contributed by atoms with van der Waals surface area (Å²) in [5, 5.41) is 3.23. The molecule has 0 bridgehead atoms. The second-order valence-electron chi connectivity index (χ2n) is 5.01. The van der Waals surface area contributed by atoms with Crippen LogP contribution in [0.25, 0.3) is 10.9 Å². The lowest BCUT2D eigenvalue weighted by atomic mass is 10.1. The van der Waals surface area contributed by atoms with E-state index in [9.17, 15) is 13.6 Å². The van der Waals surface area contributed by atoms with E-state index in [1.165, 1.54) is 6.07 Å². The molecule has 6 heteroatoms. The molecule has 0 spiro atoms. The Labute approximate surface area is 128 Å². The van der Waals surface area contributed by atoms with Crippen LogP contribution in [0.4, 0.5) is 14.5 Å². The van der Waals surface area contributed by atoms with Gasteiger partial charge in [0.15, 0.2) is 11.6 Å². The fraction of sp³-hybridized carbons (Fsp3) is 0.375. The maximum atomic E-state index is 14.0. The van der Waals surface area contributed by atoms with Crippen molar-refractivity contribution in [1.29, 1.82) is 0 Å². The third kappa shape index (κ3) is 3.16. The lowest BCUT2D eigenvalue weighted by Crippen LogP contribution is -2.37. The molecule has 4 nitrogen and oxygen atoms in total. The Morgan fingerprint density at radius 1 is 1.32 bits per heavy atom. The molecule has 1 N–H and O–H groups in total. The Morgan fingerprint density at radius 2 is 2.05 bits per heavy atom. The number of pyridine rings is 1. The molecule has 1 amide bonds. The molecule has 0 aliphatic rings. The van der Waals surface area contributed by atoms with Gasteiger partial charge in [-0.25, -0.2) is 13.8 Å². The SMILES string of the molecule is CCNC(=O)CN(CC)c1cc(C)nc2c(F)c(F)ccc12. The summed E-state index contributed by atoms with van der Waals surface area (Å²) in [5.41, 5.74) is 1.24. The first-order valence-corrected chi connectivity index (χ1v) is 7.24. The maximum absolute atomic E-state index is 14.0. The monoisotopic (exact) mass is 307 g/mol. The van der Waals surface area contributed by atoms with Gasteiger partial charge in [0.2, 0.25) is 5.91 Å². The molecule has 0 fully saturated rings. The molecule has 22 heavy (non-hydrogen) atoms. The van der Waals surface area contributed by atoms with Crippen LogP contribution in [0.3, 0.4) is 0 Å². The first-order valence-electron chi connectivity index (χ1n) is 7.24. The summed E-state index contributed by atoms with van der Waals surface area (Å²) < 4.78 is 27.4. The third-order valence-corrected chi connectivity index (χ3v) is 3.41. The van der Waals surface area contributed by atoms with Crippen LogP contribution in [0.5, 0.6) is 0 Å². The number of hydrogen-bond acceptors (Lipinski definition) is 3. The van der Waals surface area contributed by atoms with E-state index in [1.807, 2.05) is 18.7 Å². The van der Waals surface area contributed by atoms with Crippen molar-refractivity contribution in [3.8, 4) is 0 Å². The molecule has 0 atom stereocenters. The number of hydrogen-bond donors (Lipinski definition) is 1. The molecular weight excluding hydrogens is 288 g/mol. The lowest BCUT2D eigenvalue weighted by molar-refractivity contribution is -0.119. The van der Waals surface area contributed by atoms with E-state index in [2.05, 4.69) is 10.3 Å². The van der Waals surface area contributed by atoms with Crippen LogP contribution in [0.1, 0.15) is 19.5 Å². The van der Waals surface area contributed by atoms with Crippen molar-refractivity contribution in [3.63, 3.8) is 0 Å². The van der Waals surface area contributed by atoms with Crippen LogP contribution in [-0.2, 0) is 4.79 Å². The van der Waals surface area contributed by atoms with Gasteiger partial charge in [0, 0.05) is 29.9 Å². The van der Waals surface area contributed by atoms with Crippen LogP contribution in [0.2, 0.25) is 0 Å². The fourth-order valence-electron chi connectivity index (χ4n) is 2.40. The lowest BCUT2D eigenvalue weighted by Gasteiger charge is -2.24. The van der Waals surface area contributed by atoms with Crippen molar-refractivity contribution in [2.24, 2.45) is 0 Å². The average Bonchev–Trinajstić information content (AvgIpc) is 2.48. The molecule has 0 aliphatic carbocycles. The smallest absolute Gasteiger partial charge is 0.239 e. The van der Waals surface area contributed by atoms with E-state index in [1.54, 1.807) is 13.0 Å². The Hall–Kier alpha value is -2.24. The van der Waals surface area contributed by atoms with Gasteiger partial charge < -0.3 is 10.2 Å². The Kier molecular flexibility index (Phi) is 4.90. The zero-order chi connectivity index (χ0) is 16.3. The molecule has 0 aliphatic heterocycles. The van der Waals surface area contributed by atoms with E-state index in [4.69, 9.17) is 0 Å². The van der Waals surface area contributed by atoms with Crippen molar-refractivity contribution in [3.05, 3.63) is 35.5 Å². The van der Waals surface area contributed by atoms with Crippen LogP contribution in [0, 0.1) is 18.6 Å². The summed E-state index contributed by atoms with van der Waals surface area (Å²) in [6.45, 7) is 6.73. The van der Waals surface area contributed by atoms with E-state index in [0.29, 0.717) is 29.9 Å². The molecule has 0 radical (unpaired) electrons. The molecular formula is C16H19F2N3O. The van der Waals surface area contributed by atoms with Gasteiger partial charge in [0.25, 0.3) is 0 Å². The number of halogens is 2. The standard InChI is InChI=1S/C16H19F2N3O/c1-4-19-14(22)9-21(5-2)13-8-10(3)20-16-11(13)6-7-12(17)15(16)18/h6-8H,4-5,9H2,1-3H3,(H,19,22). The van der Waals surface area contributed by atoms with Gasteiger partial charge >= 0.3 is 0 Å². The molecule has 0 saturated carbocycles. The van der Waals surface area contributed by atoms with E-state index < -0.39 is 11.6 Å². The molecule has 1 aromatic carbocycles. The second-order valence-corrected chi connectivity index (χ2v) is 5.01. The van der Waals surface area contributed by atoms with Crippen molar-refractivity contribution >= 4 is 22.5 Å². The molecule has 2 aromatic rings. The number of rotatable bonds is 5. The molecule has 1 aromatic heterocycles. The normalized spacial score (nSPS) is 10.8. The number of likely N-dealkylation sites (N-methyl/N-ethyl adjacent to an activating group) is 2. The number of carbonyl (C=O) groups is 1. The molecule has 2 rings (SSSR count). The molecule has 118 valence electrons. The van der Waals surface area contributed by atoms with Crippen molar-refractivity contribution in [1.82, 2.24) is 10.3 Å². The van der Waals surface area contributed by atoms with Crippen LogP contribution >= 0.6 is 0 Å². The predicted molar refractivity (Wildman–Crippen MR) is 83.0 cm³/mol. The minimum Gasteiger partial charge on any atom is -0.362 e. The summed E-state index contributed by atoms with van der Waals surface area (Å²) in [6.07, 6.45) is 0. The van der Waals surface area contributed by atoms with E-state index >= 15 is 0 Å². The summed E-state index contributed by atoms with van der Waals surface area (Å²) in [4.78, 5) is 17.7. The highest BCUT2D eigenvalue weighted by atomic mass is 19.2. The highest BCUT2D eigenvalue weighted by Gasteiger charge is 2.17. The van der Waals surface area contributed by atoms with Crippen LogP contribution in [0.15, 0.2) is 18.2 Å². The predicted octanol–water partition coefficient (Wildman–Crippen LogP) is 2.78. The van der Waals surface area contributed by atoms with Gasteiger partial charge in [0.05, 0.1) is 6.54 Å². The van der Waals surface area contributed by atoms with Gasteiger partial charge in [-0.2, -0.15) is 0 Å². The summed E-state index contributed by atoms with van der Waals surface area (Å²) in [5.74, 6) is -2.01. The number of amides is 1. The zero-order valence-corrected chi connectivity index (χ0v) is 12.9. The minimum atomic E-state index is -0.962. The van der Waals surface area contributed by atoms with Crippen LogP contribution < -0.4 is 10.2 Å². The highest BCUT2D eigenvalue weighted by Crippen LogP contribution is 2.29. The quantitative estimate of drug-likeness (QED) is 0.924. The number of aromatic nitrogens is 1. The minimum absolute atomic E-state index is 0.00986. The van der Waals surface area contributed by atoms with Gasteiger partial charge in [-0.05, 0) is 39.0 Å². The average molecular weight is 307 g/mol. The Bertz CT molecular complexity index is 703. The summed E-state index contributed by atoms with van der Waals surface area (Å²) >= 11 is 0. The van der Waals surface area contributed by atoms with Gasteiger partial charge in [-0.1, -0.05) is 0 Å². The Morgan fingerprint density at radius 3 is 2.68 bits per heavy atom.